The molecule has 0 bridgehead atoms. The van der Waals surface area contributed by atoms with Gasteiger partial charge in [0.2, 0.25) is 0 Å². The summed E-state index contributed by atoms with van der Waals surface area (Å²) in [6, 6.07) is 6.84. The number of phenolic OH excluding ortho intramolecular Hbond substituents is 1. The van der Waals surface area contributed by atoms with E-state index in [0.717, 1.165) is 0 Å². The lowest BCUT2D eigenvalue weighted by molar-refractivity contribution is 0.373. The van der Waals surface area contributed by atoms with Gasteiger partial charge in [-0.2, -0.15) is 0 Å². The molecular weight excluding hydrogens is 188 g/mol. The first-order valence-electron chi connectivity index (χ1n) is 5.66. The molecule has 0 radical (unpaired) electrons. The molecule has 0 amide bonds. The van der Waals surface area contributed by atoms with Gasteiger partial charge in [0.05, 0.1) is 7.11 Å². The number of rotatable bonds is 1. The van der Waals surface area contributed by atoms with Crippen molar-refractivity contribution in [3.05, 3.63) is 24.3 Å². The average Bonchev–Trinajstić information content (AvgIpc) is 2.33. The molecule has 2 rings (SSSR count). The van der Waals surface area contributed by atoms with Crippen LogP contribution in [0, 0.1) is 0 Å². The smallest absolute Gasteiger partial charge is 0.160 e. The Labute approximate surface area is 91.9 Å². The van der Waals surface area contributed by atoms with E-state index in [-0.39, 0.29) is 5.75 Å². The Kier molecular flexibility index (Phi) is 5.67. The van der Waals surface area contributed by atoms with Crippen LogP contribution in [0.4, 0.5) is 0 Å². The van der Waals surface area contributed by atoms with Crippen molar-refractivity contribution in [3.63, 3.8) is 0 Å². The molecule has 2 nitrogen and oxygen atoms in total. The molecule has 15 heavy (non-hydrogen) atoms. The Morgan fingerprint density at radius 3 is 1.73 bits per heavy atom. The van der Waals surface area contributed by atoms with Crippen LogP contribution in [-0.4, -0.2) is 12.2 Å². The van der Waals surface area contributed by atoms with Crippen molar-refractivity contribution in [2.75, 3.05) is 7.11 Å². The van der Waals surface area contributed by atoms with E-state index in [0.29, 0.717) is 5.75 Å². The lowest BCUT2D eigenvalue weighted by Crippen LogP contribution is -1.85. The largest absolute Gasteiger partial charge is 0.504 e. The van der Waals surface area contributed by atoms with Crippen LogP contribution in [0.15, 0.2) is 24.3 Å². The van der Waals surface area contributed by atoms with E-state index in [1.165, 1.54) is 45.6 Å². The SMILES string of the molecule is C1CCCCC1.COc1ccccc1O. The molecule has 0 aromatic heterocycles. The summed E-state index contributed by atoms with van der Waals surface area (Å²) in [6.45, 7) is 0. The van der Waals surface area contributed by atoms with Gasteiger partial charge in [-0.1, -0.05) is 50.7 Å². The Balaban J connectivity index is 0.000000162. The first-order valence-corrected chi connectivity index (χ1v) is 5.66. The van der Waals surface area contributed by atoms with E-state index in [9.17, 15) is 0 Å². The van der Waals surface area contributed by atoms with Crippen molar-refractivity contribution >= 4 is 0 Å². The normalized spacial score (nSPS) is 15.0. The van der Waals surface area contributed by atoms with Crippen molar-refractivity contribution in [1.29, 1.82) is 0 Å². The molecule has 1 fully saturated rings. The third-order valence-electron chi connectivity index (χ3n) is 2.59. The van der Waals surface area contributed by atoms with E-state index in [4.69, 9.17) is 9.84 Å². The molecule has 0 heterocycles. The zero-order valence-electron chi connectivity index (χ0n) is 9.41. The summed E-state index contributed by atoms with van der Waals surface area (Å²) in [5, 5.41) is 8.99. The summed E-state index contributed by atoms with van der Waals surface area (Å²) < 4.78 is 4.79. The van der Waals surface area contributed by atoms with Crippen molar-refractivity contribution in [2.45, 2.75) is 38.5 Å². The van der Waals surface area contributed by atoms with Crippen molar-refractivity contribution in [3.8, 4) is 11.5 Å². The second-order valence-corrected chi connectivity index (χ2v) is 3.79. The Morgan fingerprint density at radius 2 is 1.40 bits per heavy atom. The maximum atomic E-state index is 8.99. The minimum atomic E-state index is 0.181. The fourth-order valence-electron chi connectivity index (χ4n) is 1.69. The average molecular weight is 208 g/mol. The van der Waals surface area contributed by atoms with Crippen LogP contribution in [0.2, 0.25) is 0 Å². The minimum absolute atomic E-state index is 0.181. The highest BCUT2D eigenvalue weighted by molar-refractivity contribution is 5.37. The molecule has 1 aliphatic rings. The fraction of sp³-hybridized carbons (Fsp3) is 0.538. The Hall–Kier alpha value is -1.18. The number of ether oxygens (including phenoxy) is 1. The molecule has 1 aromatic carbocycles. The van der Waals surface area contributed by atoms with Gasteiger partial charge < -0.3 is 9.84 Å². The van der Waals surface area contributed by atoms with Gasteiger partial charge in [-0.3, -0.25) is 0 Å². The van der Waals surface area contributed by atoms with Crippen LogP contribution >= 0.6 is 0 Å². The van der Waals surface area contributed by atoms with Gasteiger partial charge in [-0.05, 0) is 12.1 Å². The second-order valence-electron chi connectivity index (χ2n) is 3.79. The first kappa shape index (κ1) is 11.9. The van der Waals surface area contributed by atoms with E-state index in [1.807, 2.05) is 0 Å². The summed E-state index contributed by atoms with van der Waals surface area (Å²) in [7, 11) is 1.52. The van der Waals surface area contributed by atoms with Gasteiger partial charge in [0, 0.05) is 0 Å². The third kappa shape index (κ3) is 4.73. The summed E-state index contributed by atoms with van der Waals surface area (Å²) in [5.74, 6) is 0.692. The monoisotopic (exact) mass is 208 g/mol. The lowest BCUT2D eigenvalue weighted by atomic mass is 10.0. The van der Waals surface area contributed by atoms with Crippen LogP contribution in [0.25, 0.3) is 0 Å². The number of benzene rings is 1. The number of methoxy groups -OCH3 is 1. The van der Waals surface area contributed by atoms with E-state index < -0.39 is 0 Å². The van der Waals surface area contributed by atoms with E-state index in [1.54, 1.807) is 24.3 Å². The van der Waals surface area contributed by atoms with Crippen LogP contribution in [0.1, 0.15) is 38.5 Å². The molecule has 1 aliphatic carbocycles. The highest BCUT2D eigenvalue weighted by Gasteiger charge is 1.95. The molecule has 1 N–H and O–H groups in total. The molecule has 1 saturated carbocycles. The molecule has 2 heteroatoms. The number of para-hydroxylation sites is 2. The maximum Gasteiger partial charge on any atom is 0.160 e. The molecule has 0 spiro atoms. The molecule has 0 saturated heterocycles. The third-order valence-corrected chi connectivity index (χ3v) is 2.59. The van der Waals surface area contributed by atoms with Crippen molar-refractivity contribution in [1.82, 2.24) is 0 Å². The fourth-order valence-corrected chi connectivity index (χ4v) is 1.69. The topological polar surface area (TPSA) is 29.5 Å². The van der Waals surface area contributed by atoms with Crippen LogP contribution in [0.3, 0.4) is 0 Å². The zero-order chi connectivity index (χ0) is 10.9. The van der Waals surface area contributed by atoms with Gasteiger partial charge >= 0.3 is 0 Å². The highest BCUT2D eigenvalue weighted by atomic mass is 16.5. The number of hydrogen-bond acceptors (Lipinski definition) is 2. The van der Waals surface area contributed by atoms with Crippen molar-refractivity contribution in [2.24, 2.45) is 0 Å². The maximum absolute atomic E-state index is 8.99. The first-order chi connectivity index (χ1) is 7.34. The molecule has 1 aromatic rings. The molecular formula is C13H20O2. The molecule has 84 valence electrons. The lowest BCUT2D eigenvalue weighted by Gasteiger charge is -2.05. The second kappa shape index (κ2) is 7.16. The molecule has 0 unspecified atom stereocenters. The van der Waals surface area contributed by atoms with Gasteiger partial charge in [0.1, 0.15) is 0 Å². The Morgan fingerprint density at radius 1 is 0.933 bits per heavy atom. The van der Waals surface area contributed by atoms with E-state index >= 15 is 0 Å². The number of hydrogen-bond donors (Lipinski definition) is 1. The van der Waals surface area contributed by atoms with Gasteiger partial charge in [-0.15, -0.1) is 0 Å². The highest BCUT2D eigenvalue weighted by Crippen LogP contribution is 2.23. The minimum Gasteiger partial charge on any atom is -0.504 e. The summed E-state index contributed by atoms with van der Waals surface area (Å²) in [6.07, 6.45) is 9.00. The predicted octanol–water partition coefficient (Wildman–Crippen LogP) is 3.74. The number of aromatic hydroxyl groups is 1. The molecule has 0 atom stereocenters. The van der Waals surface area contributed by atoms with Crippen LogP contribution in [-0.2, 0) is 0 Å². The Bertz CT molecular complexity index is 255. The van der Waals surface area contributed by atoms with Crippen LogP contribution in [0.5, 0.6) is 11.5 Å². The standard InChI is InChI=1S/C7H8O2.C6H12/c1-9-7-5-3-2-4-6(7)8;1-2-4-6-5-3-1/h2-5,8H,1H3;1-6H2. The van der Waals surface area contributed by atoms with Gasteiger partial charge in [-0.25, -0.2) is 0 Å². The molecule has 0 aliphatic heterocycles. The summed E-state index contributed by atoms with van der Waals surface area (Å²) >= 11 is 0. The summed E-state index contributed by atoms with van der Waals surface area (Å²) in [4.78, 5) is 0. The van der Waals surface area contributed by atoms with E-state index in [2.05, 4.69) is 0 Å². The van der Waals surface area contributed by atoms with Gasteiger partial charge in [0.25, 0.3) is 0 Å². The summed E-state index contributed by atoms with van der Waals surface area (Å²) in [5.41, 5.74) is 0. The predicted molar refractivity (Wildman–Crippen MR) is 62.4 cm³/mol. The van der Waals surface area contributed by atoms with Crippen molar-refractivity contribution < 1.29 is 9.84 Å². The van der Waals surface area contributed by atoms with Crippen LogP contribution < -0.4 is 4.74 Å². The number of phenols is 1. The zero-order valence-corrected chi connectivity index (χ0v) is 9.41. The quantitative estimate of drug-likeness (QED) is 0.761. The van der Waals surface area contributed by atoms with Gasteiger partial charge in [0.15, 0.2) is 11.5 Å².